The Kier molecular flexibility index (Phi) is 9.40. The minimum atomic E-state index is -1.72. The number of nitrogen functional groups attached to an aromatic ring is 1. The molecule has 0 bridgehead atoms. The molecule has 1 aromatic heterocycles. The average Bonchev–Trinajstić information content (AvgIpc) is 3.25. The van der Waals surface area contributed by atoms with Crippen molar-refractivity contribution in [1.29, 1.82) is 0 Å². The summed E-state index contributed by atoms with van der Waals surface area (Å²) in [4.78, 5) is 60.5. The number of amides is 2. The Hall–Kier alpha value is -3.57. The van der Waals surface area contributed by atoms with Gasteiger partial charge in [-0.05, 0) is 19.4 Å². The monoisotopic (exact) mass is 573 g/mol. The molecule has 1 unspecified atom stereocenters. The molecule has 0 aliphatic carbocycles. The number of carbonyl (C=O) groups is 4. The molecule has 3 rings (SSSR count). The van der Waals surface area contributed by atoms with E-state index in [2.05, 4.69) is 15.5 Å². The predicted molar refractivity (Wildman–Crippen MR) is 133 cm³/mol. The summed E-state index contributed by atoms with van der Waals surface area (Å²) in [6, 6.07) is -1.25. The highest BCUT2D eigenvalue weighted by Crippen LogP contribution is 2.35. The van der Waals surface area contributed by atoms with Crippen LogP contribution in [0.1, 0.15) is 26.5 Å². The zero-order valence-electron chi connectivity index (χ0n) is 21.1. The molecule has 2 aliphatic heterocycles. The summed E-state index contributed by atoms with van der Waals surface area (Å²) in [7, 11) is 0.872. The number of thiazole rings is 1. The second kappa shape index (κ2) is 12.3. The number of ether oxygens (including phenoxy) is 4. The minimum absolute atomic E-state index is 0.121. The molecule has 0 spiro atoms. The molecule has 0 radical (unpaired) electrons. The van der Waals surface area contributed by atoms with Gasteiger partial charge in [0.15, 0.2) is 10.8 Å². The molecule has 15 nitrogen and oxygen atoms in total. The number of rotatable bonds is 10. The fraction of sp³-hybridized carbons (Fsp3) is 0.524. The molecule has 1 aromatic rings. The van der Waals surface area contributed by atoms with Crippen molar-refractivity contribution >= 4 is 56.9 Å². The van der Waals surface area contributed by atoms with Crippen LogP contribution in [0.15, 0.2) is 21.8 Å². The van der Waals surface area contributed by atoms with E-state index >= 15 is 0 Å². The summed E-state index contributed by atoms with van der Waals surface area (Å²) in [5.74, 6) is -2.69. The van der Waals surface area contributed by atoms with Gasteiger partial charge in [0, 0.05) is 19.4 Å². The van der Waals surface area contributed by atoms with Crippen LogP contribution in [0.2, 0.25) is 0 Å². The van der Waals surface area contributed by atoms with Crippen LogP contribution in [0.3, 0.4) is 0 Å². The number of hydrogen-bond donors (Lipinski definition) is 2. The topological polar surface area (TPSA) is 198 Å². The Labute approximate surface area is 223 Å². The molecule has 208 valence electrons. The zero-order chi connectivity index (χ0) is 28.1. The van der Waals surface area contributed by atoms with E-state index in [1.165, 1.54) is 26.5 Å². The number of oxime groups is 1. The second-order valence-corrected chi connectivity index (χ2v) is 10.6. The van der Waals surface area contributed by atoms with Crippen LogP contribution >= 0.6 is 11.3 Å². The summed E-state index contributed by atoms with van der Waals surface area (Å²) < 4.78 is 33.1. The summed E-state index contributed by atoms with van der Waals surface area (Å²) in [6.07, 6.45) is -2.86. The molecular weight excluding hydrogens is 546 g/mol. The van der Waals surface area contributed by atoms with E-state index in [0.717, 1.165) is 16.2 Å². The molecule has 0 aromatic carbocycles. The molecule has 38 heavy (non-hydrogen) atoms. The smallest absolute Gasteiger partial charge is 0.431 e. The predicted octanol–water partition coefficient (Wildman–Crippen LogP) is -0.157. The molecule has 1 fully saturated rings. The van der Waals surface area contributed by atoms with Crippen LogP contribution in [0.25, 0.3) is 0 Å². The van der Waals surface area contributed by atoms with Crippen molar-refractivity contribution in [3.63, 3.8) is 0 Å². The average molecular weight is 574 g/mol. The van der Waals surface area contributed by atoms with E-state index in [4.69, 9.17) is 29.5 Å². The maximum Gasteiger partial charge on any atom is 0.511 e. The van der Waals surface area contributed by atoms with Crippen molar-refractivity contribution in [2.24, 2.45) is 5.16 Å². The van der Waals surface area contributed by atoms with Crippen LogP contribution in [0, 0.1) is 0 Å². The third-order valence-corrected chi connectivity index (χ3v) is 7.36. The first kappa shape index (κ1) is 29.0. The second-order valence-electron chi connectivity index (χ2n) is 8.16. The van der Waals surface area contributed by atoms with Gasteiger partial charge < -0.3 is 34.8 Å². The number of hydrogen-bond acceptors (Lipinski definition) is 14. The van der Waals surface area contributed by atoms with E-state index in [1.807, 2.05) is 0 Å². The van der Waals surface area contributed by atoms with Gasteiger partial charge >= 0.3 is 12.1 Å². The van der Waals surface area contributed by atoms with Crippen LogP contribution in [-0.4, -0.2) is 94.1 Å². The van der Waals surface area contributed by atoms with Crippen molar-refractivity contribution in [3.8, 4) is 0 Å². The molecule has 2 amide bonds. The van der Waals surface area contributed by atoms with Gasteiger partial charge in [-0.1, -0.05) is 5.16 Å². The van der Waals surface area contributed by atoms with Crippen molar-refractivity contribution in [3.05, 3.63) is 22.3 Å². The lowest BCUT2D eigenvalue weighted by Crippen LogP contribution is -2.74. The standard InChI is InChI=1S/C21H27N5O10S2/c1-9(2)34-21(30)36-10(3)35-19(29)15-11(6-32-4)8-38(31)18-14(17(28)26(15)18)24-16(27)13(25-33-5)12-7-37-20(22)23-12/h7,9-10,14,18H,6,8H2,1-5H3,(H2,22,23)(H,24,27)/b25-13-/t10-,14-,18-,38?/m1/s1. The normalized spacial score (nSPS) is 21.8. The summed E-state index contributed by atoms with van der Waals surface area (Å²) in [6.45, 7) is 4.40. The number of anilines is 1. The van der Waals surface area contributed by atoms with Gasteiger partial charge in [-0.25, -0.2) is 14.6 Å². The van der Waals surface area contributed by atoms with Crippen LogP contribution in [0.4, 0.5) is 9.93 Å². The Morgan fingerprint density at radius 3 is 2.55 bits per heavy atom. The SMILES string of the molecule is COCC1=C(C(=O)O[C@@H](C)OC(=O)OC(C)C)N2C(=O)[C@@H](NC(=O)/C(=N\OC)c3csc(N)n3)[C@H]2S(=O)C1. The van der Waals surface area contributed by atoms with Crippen molar-refractivity contribution < 1.29 is 47.2 Å². The highest BCUT2D eigenvalue weighted by Gasteiger charge is 2.57. The molecule has 1 saturated heterocycles. The highest BCUT2D eigenvalue weighted by molar-refractivity contribution is 7.86. The lowest BCUT2D eigenvalue weighted by atomic mass is 10.0. The fourth-order valence-electron chi connectivity index (χ4n) is 3.61. The molecular formula is C21H27N5O10S2. The molecule has 4 atom stereocenters. The number of nitrogens with one attached hydrogen (secondary N) is 1. The maximum absolute atomic E-state index is 13.1. The number of nitrogens with two attached hydrogens (primary N) is 1. The maximum atomic E-state index is 13.1. The van der Waals surface area contributed by atoms with Gasteiger partial charge in [-0.15, -0.1) is 11.3 Å². The number of fused-ring (bicyclic) bond motifs is 1. The molecule has 0 saturated carbocycles. The third-order valence-electron chi connectivity index (χ3n) is 5.03. The van der Waals surface area contributed by atoms with Crippen molar-refractivity contribution in [2.45, 2.75) is 44.6 Å². The lowest BCUT2D eigenvalue weighted by Gasteiger charge is -2.49. The Balaban J connectivity index is 1.79. The number of β-lactam (4-membered cyclic amide) rings is 1. The van der Waals surface area contributed by atoms with Gasteiger partial charge in [0.25, 0.3) is 11.8 Å². The first-order valence-electron chi connectivity index (χ1n) is 11.1. The van der Waals surface area contributed by atoms with Gasteiger partial charge in [0.05, 0.1) is 29.3 Å². The van der Waals surface area contributed by atoms with E-state index in [-0.39, 0.29) is 40.2 Å². The van der Waals surface area contributed by atoms with E-state index in [9.17, 15) is 23.4 Å². The molecule has 3 heterocycles. The van der Waals surface area contributed by atoms with Crippen LogP contribution < -0.4 is 11.1 Å². The zero-order valence-corrected chi connectivity index (χ0v) is 22.8. The Morgan fingerprint density at radius 1 is 1.26 bits per heavy atom. The van der Waals surface area contributed by atoms with E-state index in [1.54, 1.807) is 13.8 Å². The number of nitrogens with zero attached hydrogens (tertiary/aromatic N) is 3. The van der Waals surface area contributed by atoms with E-state index in [0.29, 0.717) is 0 Å². The first-order chi connectivity index (χ1) is 18.0. The van der Waals surface area contributed by atoms with Gasteiger partial charge in [-0.2, -0.15) is 0 Å². The van der Waals surface area contributed by atoms with Crippen LogP contribution in [-0.2, 0) is 49.0 Å². The van der Waals surface area contributed by atoms with E-state index < -0.39 is 58.5 Å². The third kappa shape index (κ3) is 6.28. The van der Waals surface area contributed by atoms with Crippen LogP contribution in [0.5, 0.6) is 0 Å². The minimum Gasteiger partial charge on any atom is -0.431 e. The van der Waals surface area contributed by atoms with Gasteiger partial charge in [0.1, 0.15) is 29.9 Å². The quantitative estimate of drug-likeness (QED) is 0.123. The molecule has 3 N–H and O–H groups in total. The number of carbonyl (C=O) groups excluding carboxylic acids is 4. The fourth-order valence-corrected chi connectivity index (χ4v) is 5.83. The molecule has 17 heteroatoms. The molecule has 2 aliphatic rings. The first-order valence-corrected chi connectivity index (χ1v) is 13.4. The van der Waals surface area contributed by atoms with Crippen molar-refractivity contribution in [1.82, 2.24) is 15.2 Å². The summed E-state index contributed by atoms with van der Waals surface area (Å²) >= 11 is 1.07. The largest absolute Gasteiger partial charge is 0.511 e. The summed E-state index contributed by atoms with van der Waals surface area (Å²) in [5, 5.41) is 6.72. The summed E-state index contributed by atoms with van der Waals surface area (Å²) in [5.41, 5.74) is 5.53. The number of methoxy groups -OCH3 is 1. The van der Waals surface area contributed by atoms with Gasteiger partial charge in [-0.3, -0.25) is 18.7 Å². The number of aromatic nitrogens is 1. The Morgan fingerprint density at radius 2 is 1.97 bits per heavy atom. The number of esters is 1. The van der Waals surface area contributed by atoms with Crippen molar-refractivity contribution in [2.75, 3.05) is 32.3 Å². The lowest BCUT2D eigenvalue weighted by molar-refractivity contribution is -0.169. The Bertz CT molecular complexity index is 1200. The highest BCUT2D eigenvalue weighted by atomic mass is 32.2. The van der Waals surface area contributed by atoms with Gasteiger partial charge in [0.2, 0.25) is 6.29 Å².